The molecule has 0 saturated carbocycles. The Hall–Kier alpha value is -4.53. The van der Waals surface area contributed by atoms with Gasteiger partial charge in [-0.15, -0.1) is 0 Å². The molecule has 212 valence electrons. The van der Waals surface area contributed by atoms with Crippen molar-refractivity contribution in [3.8, 4) is 11.5 Å². The van der Waals surface area contributed by atoms with Crippen molar-refractivity contribution in [1.29, 1.82) is 0 Å². The molecule has 0 atom stereocenters. The molecule has 5 amide bonds. The van der Waals surface area contributed by atoms with Crippen LogP contribution in [0.1, 0.15) is 12.5 Å². The van der Waals surface area contributed by atoms with E-state index in [0.717, 1.165) is 0 Å². The molecule has 3 aromatic carbocycles. The van der Waals surface area contributed by atoms with Gasteiger partial charge in [0.25, 0.3) is 11.8 Å². The third-order valence-corrected chi connectivity index (χ3v) is 6.33. The van der Waals surface area contributed by atoms with E-state index in [4.69, 9.17) is 9.47 Å². The van der Waals surface area contributed by atoms with Crippen LogP contribution in [0.15, 0.2) is 66.4 Å². The number of halogens is 3. The van der Waals surface area contributed by atoms with Crippen molar-refractivity contribution >= 4 is 63.8 Å². The van der Waals surface area contributed by atoms with Crippen molar-refractivity contribution in [2.45, 2.75) is 6.92 Å². The highest BCUT2D eigenvalue weighted by Gasteiger charge is 2.35. The van der Waals surface area contributed by atoms with Crippen molar-refractivity contribution in [2.75, 3.05) is 30.4 Å². The Labute approximate surface area is 246 Å². The summed E-state index contributed by atoms with van der Waals surface area (Å²) >= 11 is 1.98. The van der Waals surface area contributed by atoms with Gasteiger partial charge in [0.15, 0.2) is 18.1 Å². The molecule has 0 spiro atoms. The number of ether oxygens (including phenoxy) is 2. The van der Waals surface area contributed by atoms with Gasteiger partial charge in [0.1, 0.15) is 23.9 Å². The fourth-order valence-electron chi connectivity index (χ4n) is 3.72. The number of imide groups is 1. The SMILES string of the molecule is CCOc1cc(/C=C2/NC(=O)N(CC(=O)Nc3ccccc3F)C2=O)cc(I)c1OCC(=O)Nc1ccc(F)cc1. The van der Waals surface area contributed by atoms with Crippen LogP contribution in [0.4, 0.5) is 25.0 Å². The van der Waals surface area contributed by atoms with Crippen LogP contribution in [-0.2, 0) is 14.4 Å². The van der Waals surface area contributed by atoms with Gasteiger partial charge in [-0.1, -0.05) is 12.1 Å². The Bertz CT molecular complexity index is 1530. The number of benzene rings is 3. The molecular weight excluding hydrogens is 653 g/mol. The van der Waals surface area contributed by atoms with Gasteiger partial charge in [-0.25, -0.2) is 18.5 Å². The van der Waals surface area contributed by atoms with Crippen LogP contribution in [0.25, 0.3) is 6.08 Å². The van der Waals surface area contributed by atoms with Gasteiger partial charge in [-0.2, -0.15) is 0 Å². The number of hydrogen-bond acceptors (Lipinski definition) is 6. The number of amides is 5. The summed E-state index contributed by atoms with van der Waals surface area (Å²) in [6, 6.07) is 13.2. The quantitative estimate of drug-likeness (QED) is 0.165. The second kappa shape index (κ2) is 13.2. The third-order valence-electron chi connectivity index (χ3n) is 5.53. The lowest BCUT2D eigenvalue weighted by Crippen LogP contribution is -2.38. The Morgan fingerprint density at radius 3 is 2.44 bits per heavy atom. The topological polar surface area (TPSA) is 126 Å². The van der Waals surface area contributed by atoms with E-state index in [9.17, 15) is 28.0 Å². The number of anilines is 2. The minimum Gasteiger partial charge on any atom is -0.490 e. The lowest BCUT2D eigenvalue weighted by Gasteiger charge is -2.15. The first kappa shape index (κ1) is 29.5. The normalized spacial score (nSPS) is 13.7. The molecule has 0 aliphatic carbocycles. The molecule has 0 bridgehead atoms. The third kappa shape index (κ3) is 7.57. The minimum absolute atomic E-state index is 0.0754. The van der Waals surface area contributed by atoms with Crippen molar-refractivity contribution < 1.29 is 37.4 Å². The van der Waals surface area contributed by atoms with E-state index in [0.29, 0.717) is 25.5 Å². The van der Waals surface area contributed by atoms with Crippen LogP contribution < -0.4 is 25.4 Å². The molecule has 0 radical (unpaired) electrons. The molecule has 3 N–H and O–H groups in total. The molecule has 0 unspecified atom stereocenters. The zero-order chi connectivity index (χ0) is 29.5. The predicted molar refractivity (Wildman–Crippen MR) is 154 cm³/mol. The fourth-order valence-corrected chi connectivity index (χ4v) is 4.50. The van der Waals surface area contributed by atoms with Gasteiger partial charge in [0.2, 0.25) is 5.91 Å². The number of para-hydroxylation sites is 1. The Morgan fingerprint density at radius 1 is 1.00 bits per heavy atom. The monoisotopic (exact) mass is 676 g/mol. The van der Waals surface area contributed by atoms with E-state index in [2.05, 4.69) is 16.0 Å². The number of nitrogens with one attached hydrogen (secondary N) is 3. The van der Waals surface area contributed by atoms with Crippen molar-refractivity contribution in [1.82, 2.24) is 10.2 Å². The van der Waals surface area contributed by atoms with Gasteiger partial charge in [-0.05, 0) is 89.7 Å². The van der Waals surface area contributed by atoms with Crippen molar-refractivity contribution in [3.05, 3.63) is 87.1 Å². The average molecular weight is 676 g/mol. The van der Waals surface area contributed by atoms with E-state index in [1.165, 1.54) is 54.6 Å². The average Bonchev–Trinajstić information content (AvgIpc) is 3.18. The largest absolute Gasteiger partial charge is 0.490 e. The van der Waals surface area contributed by atoms with Gasteiger partial charge in [-0.3, -0.25) is 14.4 Å². The highest BCUT2D eigenvalue weighted by Crippen LogP contribution is 2.35. The summed E-state index contributed by atoms with van der Waals surface area (Å²) in [7, 11) is 0. The van der Waals surface area contributed by atoms with Gasteiger partial charge in [0, 0.05) is 5.69 Å². The number of hydrogen-bond donors (Lipinski definition) is 3. The standard InChI is InChI=1S/C28H23F2IN4O6/c1-2-40-23-13-16(11-20(31)26(23)41-15-25(37)32-18-9-7-17(29)8-10-18)12-22-27(38)35(28(39)34-22)14-24(36)33-21-6-4-3-5-19(21)30/h3-13H,2,14-15H2,1H3,(H,32,37)(H,33,36)(H,34,39)/b22-12+. The molecule has 4 rings (SSSR count). The zero-order valence-corrected chi connectivity index (χ0v) is 23.7. The van der Waals surface area contributed by atoms with E-state index < -0.39 is 41.9 Å². The summed E-state index contributed by atoms with van der Waals surface area (Å²) in [5, 5.41) is 7.36. The zero-order valence-electron chi connectivity index (χ0n) is 21.5. The molecule has 1 aliphatic rings. The highest BCUT2D eigenvalue weighted by atomic mass is 127. The van der Waals surface area contributed by atoms with E-state index in [-0.39, 0.29) is 30.3 Å². The smallest absolute Gasteiger partial charge is 0.329 e. The second-order valence-corrected chi connectivity index (χ2v) is 9.68. The Morgan fingerprint density at radius 2 is 1.73 bits per heavy atom. The number of carbonyl (C=O) groups is 4. The minimum atomic E-state index is -0.809. The summed E-state index contributed by atoms with van der Waals surface area (Å²) in [5.74, 6) is -2.47. The highest BCUT2D eigenvalue weighted by molar-refractivity contribution is 14.1. The number of rotatable bonds is 10. The molecule has 41 heavy (non-hydrogen) atoms. The first-order chi connectivity index (χ1) is 19.6. The van der Waals surface area contributed by atoms with Crippen LogP contribution in [0.2, 0.25) is 0 Å². The van der Waals surface area contributed by atoms with Gasteiger partial charge >= 0.3 is 6.03 Å². The van der Waals surface area contributed by atoms with Crippen LogP contribution in [0.5, 0.6) is 11.5 Å². The lowest BCUT2D eigenvalue weighted by molar-refractivity contribution is -0.127. The molecule has 0 aromatic heterocycles. The van der Waals surface area contributed by atoms with Crippen LogP contribution in [-0.4, -0.2) is 48.4 Å². The molecule has 1 heterocycles. The molecule has 1 fully saturated rings. The maximum absolute atomic E-state index is 13.8. The maximum atomic E-state index is 13.8. The first-order valence-corrected chi connectivity index (χ1v) is 13.3. The summed E-state index contributed by atoms with van der Waals surface area (Å²) in [4.78, 5) is 50.7. The summed E-state index contributed by atoms with van der Waals surface area (Å²) < 4.78 is 38.8. The van der Waals surface area contributed by atoms with E-state index >= 15 is 0 Å². The second-order valence-electron chi connectivity index (χ2n) is 8.51. The van der Waals surface area contributed by atoms with E-state index in [1.807, 2.05) is 22.6 Å². The van der Waals surface area contributed by atoms with Gasteiger partial charge in [0.05, 0.1) is 15.9 Å². The van der Waals surface area contributed by atoms with Crippen molar-refractivity contribution in [3.63, 3.8) is 0 Å². The summed E-state index contributed by atoms with van der Waals surface area (Å²) in [6.45, 7) is 1.06. The van der Waals surface area contributed by atoms with Gasteiger partial charge < -0.3 is 25.4 Å². The molecule has 1 aliphatic heterocycles. The molecule has 13 heteroatoms. The molecular formula is C28H23F2IN4O6. The molecule has 10 nitrogen and oxygen atoms in total. The van der Waals surface area contributed by atoms with Crippen LogP contribution in [0, 0.1) is 15.2 Å². The summed E-state index contributed by atoms with van der Waals surface area (Å²) in [6.07, 6.45) is 1.41. The summed E-state index contributed by atoms with van der Waals surface area (Å²) in [5.41, 5.74) is 0.721. The van der Waals surface area contributed by atoms with Crippen molar-refractivity contribution in [2.24, 2.45) is 0 Å². The maximum Gasteiger partial charge on any atom is 0.329 e. The Kier molecular flexibility index (Phi) is 9.49. The molecule has 3 aromatic rings. The number of nitrogens with zero attached hydrogens (tertiary/aromatic N) is 1. The lowest BCUT2D eigenvalue weighted by atomic mass is 10.1. The predicted octanol–water partition coefficient (Wildman–Crippen LogP) is 4.52. The van der Waals surface area contributed by atoms with Crippen LogP contribution >= 0.6 is 22.6 Å². The Balaban J connectivity index is 1.45. The van der Waals surface area contributed by atoms with Crippen LogP contribution in [0.3, 0.4) is 0 Å². The molecule has 1 saturated heterocycles. The number of carbonyl (C=O) groups excluding carboxylic acids is 4. The number of urea groups is 1. The first-order valence-electron chi connectivity index (χ1n) is 12.2. The fraction of sp³-hybridized carbons (Fsp3) is 0.143. The van der Waals surface area contributed by atoms with E-state index in [1.54, 1.807) is 19.1 Å².